The highest BCUT2D eigenvalue weighted by molar-refractivity contribution is 6.32. The molecule has 0 heterocycles. The number of methoxy groups -OCH3 is 1. The van der Waals surface area contributed by atoms with Gasteiger partial charge in [-0.1, -0.05) is 72.3 Å². The summed E-state index contributed by atoms with van der Waals surface area (Å²) in [5.74, 6) is 0.412. The number of anilines is 1. The predicted molar refractivity (Wildman–Crippen MR) is 109 cm³/mol. The molecule has 1 unspecified atom stereocenters. The van der Waals surface area contributed by atoms with E-state index >= 15 is 0 Å². The zero-order chi connectivity index (χ0) is 19.1. The lowest BCUT2D eigenvalue weighted by atomic mass is 10.1. The largest absolute Gasteiger partial charge is 0.495 e. The fourth-order valence-corrected chi connectivity index (χ4v) is 3.04. The highest BCUT2D eigenvalue weighted by Gasteiger charge is 2.20. The zero-order valence-corrected chi connectivity index (χ0v) is 15.7. The van der Waals surface area contributed by atoms with E-state index in [4.69, 9.17) is 16.3 Å². The van der Waals surface area contributed by atoms with Crippen LogP contribution in [0.25, 0.3) is 0 Å². The van der Waals surface area contributed by atoms with Crippen LogP contribution in [0.1, 0.15) is 17.2 Å². The van der Waals surface area contributed by atoms with Crippen molar-refractivity contribution in [2.75, 3.05) is 12.4 Å². The van der Waals surface area contributed by atoms with Gasteiger partial charge >= 0.3 is 0 Å². The lowest BCUT2D eigenvalue weighted by Crippen LogP contribution is -2.32. The summed E-state index contributed by atoms with van der Waals surface area (Å²) in [4.78, 5) is 13.0. The maximum Gasteiger partial charge on any atom is 0.246 e. The lowest BCUT2D eigenvalue weighted by molar-refractivity contribution is -0.118. The minimum Gasteiger partial charge on any atom is -0.495 e. The molecular formula is C22H21ClN2O2. The van der Waals surface area contributed by atoms with Gasteiger partial charge < -0.3 is 10.1 Å². The van der Waals surface area contributed by atoms with Crippen molar-refractivity contribution in [1.29, 1.82) is 0 Å². The smallest absolute Gasteiger partial charge is 0.246 e. The minimum absolute atomic E-state index is 0.154. The van der Waals surface area contributed by atoms with Crippen molar-refractivity contribution in [2.24, 2.45) is 0 Å². The van der Waals surface area contributed by atoms with Crippen LogP contribution in [-0.4, -0.2) is 13.0 Å². The van der Waals surface area contributed by atoms with Gasteiger partial charge in [-0.2, -0.15) is 0 Å². The van der Waals surface area contributed by atoms with Crippen LogP contribution in [0, 0.1) is 0 Å². The van der Waals surface area contributed by atoms with E-state index in [0.717, 1.165) is 11.1 Å². The molecule has 0 aliphatic heterocycles. The SMILES string of the molecule is COc1ccc(NC(=O)C(NCc2ccccc2)c2ccccc2)cc1Cl. The van der Waals surface area contributed by atoms with Crippen molar-refractivity contribution >= 4 is 23.2 Å². The van der Waals surface area contributed by atoms with Crippen LogP contribution in [0.5, 0.6) is 5.75 Å². The van der Waals surface area contributed by atoms with Crippen LogP contribution in [0.2, 0.25) is 5.02 Å². The number of ether oxygens (including phenoxy) is 1. The standard InChI is InChI=1S/C22H21ClN2O2/c1-27-20-13-12-18(14-19(20)23)25-22(26)21(17-10-6-3-7-11-17)24-15-16-8-4-2-5-9-16/h2-14,21,24H,15H2,1H3,(H,25,26). The first-order chi connectivity index (χ1) is 13.2. The predicted octanol–water partition coefficient (Wildman–Crippen LogP) is 4.82. The second-order valence-corrected chi connectivity index (χ2v) is 6.46. The van der Waals surface area contributed by atoms with Crippen molar-refractivity contribution in [3.8, 4) is 5.75 Å². The Balaban J connectivity index is 1.77. The molecule has 0 saturated heterocycles. The van der Waals surface area contributed by atoms with E-state index in [1.807, 2.05) is 60.7 Å². The van der Waals surface area contributed by atoms with E-state index in [2.05, 4.69) is 10.6 Å². The van der Waals surface area contributed by atoms with Crippen molar-refractivity contribution in [3.05, 3.63) is 95.0 Å². The number of carbonyl (C=O) groups excluding carboxylic acids is 1. The summed E-state index contributed by atoms with van der Waals surface area (Å²) in [5, 5.41) is 6.72. The Labute approximate surface area is 164 Å². The molecule has 0 spiro atoms. The van der Waals surface area contributed by atoms with E-state index in [1.165, 1.54) is 0 Å². The Bertz CT molecular complexity index is 885. The molecule has 3 aromatic rings. The summed E-state index contributed by atoms with van der Waals surface area (Å²) >= 11 is 6.16. The third kappa shape index (κ3) is 5.09. The fourth-order valence-electron chi connectivity index (χ4n) is 2.78. The van der Waals surface area contributed by atoms with Crippen molar-refractivity contribution < 1.29 is 9.53 Å². The monoisotopic (exact) mass is 380 g/mol. The number of hydrogen-bond donors (Lipinski definition) is 2. The summed E-state index contributed by atoms with van der Waals surface area (Å²) in [6, 6.07) is 24.3. The zero-order valence-electron chi connectivity index (χ0n) is 15.0. The first-order valence-corrected chi connectivity index (χ1v) is 9.02. The van der Waals surface area contributed by atoms with Gasteiger partial charge in [0.1, 0.15) is 11.8 Å². The Morgan fingerprint density at radius 1 is 1.00 bits per heavy atom. The molecule has 0 radical (unpaired) electrons. The molecule has 0 aliphatic rings. The third-order valence-corrected chi connectivity index (χ3v) is 4.46. The Morgan fingerprint density at radius 3 is 2.30 bits per heavy atom. The molecule has 1 atom stereocenters. The second kappa shape index (κ2) is 9.21. The number of hydrogen-bond acceptors (Lipinski definition) is 3. The molecule has 0 saturated carbocycles. The molecule has 1 amide bonds. The van der Waals surface area contributed by atoms with Gasteiger partial charge in [-0.05, 0) is 29.3 Å². The van der Waals surface area contributed by atoms with E-state index in [-0.39, 0.29) is 5.91 Å². The van der Waals surface area contributed by atoms with Crippen LogP contribution >= 0.6 is 11.6 Å². The van der Waals surface area contributed by atoms with E-state index in [9.17, 15) is 4.79 Å². The molecule has 0 bridgehead atoms. The average Bonchev–Trinajstić information content (AvgIpc) is 2.70. The van der Waals surface area contributed by atoms with E-state index < -0.39 is 6.04 Å². The molecule has 5 heteroatoms. The van der Waals surface area contributed by atoms with Crippen molar-refractivity contribution in [1.82, 2.24) is 5.32 Å². The number of amides is 1. The molecule has 2 N–H and O–H groups in total. The average molecular weight is 381 g/mol. The Hall–Kier alpha value is -2.82. The van der Waals surface area contributed by atoms with Gasteiger partial charge in [-0.25, -0.2) is 0 Å². The van der Waals surface area contributed by atoms with Crippen molar-refractivity contribution in [3.63, 3.8) is 0 Å². The summed E-state index contributed by atoms with van der Waals surface area (Å²) in [7, 11) is 1.55. The first-order valence-electron chi connectivity index (χ1n) is 8.64. The number of benzene rings is 3. The first kappa shape index (κ1) is 19.0. The van der Waals surface area contributed by atoms with Gasteiger partial charge in [0, 0.05) is 12.2 Å². The molecule has 0 aliphatic carbocycles. The van der Waals surface area contributed by atoms with E-state index in [0.29, 0.717) is 23.0 Å². The number of carbonyl (C=O) groups is 1. The maximum absolute atomic E-state index is 13.0. The second-order valence-electron chi connectivity index (χ2n) is 6.05. The van der Waals surface area contributed by atoms with Crippen LogP contribution in [0.15, 0.2) is 78.9 Å². The van der Waals surface area contributed by atoms with Crippen LogP contribution in [0.3, 0.4) is 0 Å². The molecule has 3 rings (SSSR count). The molecule has 0 aromatic heterocycles. The lowest BCUT2D eigenvalue weighted by Gasteiger charge is -2.19. The highest BCUT2D eigenvalue weighted by atomic mass is 35.5. The number of nitrogens with one attached hydrogen (secondary N) is 2. The number of halogens is 1. The van der Waals surface area contributed by atoms with Crippen LogP contribution in [-0.2, 0) is 11.3 Å². The van der Waals surface area contributed by atoms with Crippen molar-refractivity contribution in [2.45, 2.75) is 12.6 Å². The Kier molecular flexibility index (Phi) is 6.47. The third-order valence-electron chi connectivity index (χ3n) is 4.17. The number of rotatable bonds is 7. The van der Waals surface area contributed by atoms with Gasteiger partial charge in [-0.15, -0.1) is 0 Å². The summed E-state index contributed by atoms with van der Waals surface area (Å²) in [6.45, 7) is 0.581. The summed E-state index contributed by atoms with van der Waals surface area (Å²) in [6.07, 6.45) is 0. The Morgan fingerprint density at radius 2 is 1.67 bits per heavy atom. The molecule has 138 valence electrons. The van der Waals surface area contributed by atoms with Gasteiger partial charge in [0.15, 0.2) is 0 Å². The molecule has 3 aromatic carbocycles. The van der Waals surface area contributed by atoms with Crippen LogP contribution < -0.4 is 15.4 Å². The minimum atomic E-state index is -0.493. The van der Waals surface area contributed by atoms with Gasteiger partial charge in [-0.3, -0.25) is 10.1 Å². The topological polar surface area (TPSA) is 50.4 Å². The maximum atomic E-state index is 13.0. The fraction of sp³-hybridized carbons (Fsp3) is 0.136. The molecule has 27 heavy (non-hydrogen) atoms. The molecule has 4 nitrogen and oxygen atoms in total. The molecule has 0 fully saturated rings. The van der Waals surface area contributed by atoms with Gasteiger partial charge in [0.05, 0.1) is 12.1 Å². The van der Waals surface area contributed by atoms with Crippen LogP contribution in [0.4, 0.5) is 5.69 Å². The van der Waals surface area contributed by atoms with Gasteiger partial charge in [0.25, 0.3) is 0 Å². The normalized spacial score (nSPS) is 11.6. The summed E-state index contributed by atoms with van der Waals surface area (Å²) < 4.78 is 5.15. The highest BCUT2D eigenvalue weighted by Crippen LogP contribution is 2.28. The summed E-state index contributed by atoms with van der Waals surface area (Å²) in [5.41, 5.74) is 2.62. The molecular weight excluding hydrogens is 360 g/mol. The van der Waals surface area contributed by atoms with E-state index in [1.54, 1.807) is 25.3 Å². The quantitative estimate of drug-likeness (QED) is 0.618. The van der Waals surface area contributed by atoms with Gasteiger partial charge in [0.2, 0.25) is 5.91 Å².